The SMILES string of the molecule is NC(=NO)C(NC(=O)NC1CC1)C1CCCCC1. The fraction of sp³-hybridized carbons (Fsp3) is 0.833. The third kappa shape index (κ3) is 3.51. The highest BCUT2D eigenvalue weighted by atomic mass is 16.4. The predicted octanol–water partition coefficient (Wildman–Crippen LogP) is 1.14. The number of hydrogen-bond donors (Lipinski definition) is 4. The van der Waals surface area contributed by atoms with E-state index in [1.165, 1.54) is 6.42 Å². The summed E-state index contributed by atoms with van der Waals surface area (Å²) in [4.78, 5) is 11.8. The molecule has 0 aliphatic heterocycles. The maximum Gasteiger partial charge on any atom is 0.315 e. The Balaban J connectivity index is 1.92. The highest BCUT2D eigenvalue weighted by molar-refractivity contribution is 5.89. The Bertz CT molecular complexity index is 322. The Kier molecular flexibility index (Phi) is 4.28. The second-order valence-corrected chi connectivity index (χ2v) is 5.29. The molecule has 1 unspecified atom stereocenters. The van der Waals surface area contributed by atoms with Gasteiger partial charge in [-0.15, -0.1) is 0 Å². The molecule has 0 saturated heterocycles. The van der Waals surface area contributed by atoms with E-state index < -0.39 is 0 Å². The van der Waals surface area contributed by atoms with Gasteiger partial charge in [-0.3, -0.25) is 0 Å². The number of hydrogen-bond acceptors (Lipinski definition) is 3. The van der Waals surface area contributed by atoms with Crippen molar-refractivity contribution in [2.24, 2.45) is 16.8 Å². The molecule has 2 fully saturated rings. The van der Waals surface area contributed by atoms with Crippen molar-refractivity contribution in [3.8, 4) is 0 Å². The van der Waals surface area contributed by atoms with Gasteiger partial charge in [0.05, 0.1) is 6.04 Å². The number of oxime groups is 1. The second-order valence-electron chi connectivity index (χ2n) is 5.29. The first kappa shape index (κ1) is 13.0. The van der Waals surface area contributed by atoms with Crippen LogP contribution in [-0.2, 0) is 0 Å². The Labute approximate surface area is 107 Å². The van der Waals surface area contributed by atoms with Crippen LogP contribution in [0.3, 0.4) is 0 Å². The molecule has 6 heteroatoms. The lowest BCUT2D eigenvalue weighted by Crippen LogP contribution is -2.53. The highest BCUT2D eigenvalue weighted by Crippen LogP contribution is 2.26. The van der Waals surface area contributed by atoms with Gasteiger partial charge in [0.15, 0.2) is 5.84 Å². The van der Waals surface area contributed by atoms with Crippen LogP contribution in [0.25, 0.3) is 0 Å². The van der Waals surface area contributed by atoms with Gasteiger partial charge in [0.2, 0.25) is 0 Å². The molecular formula is C12H22N4O2. The molecule has 2 amide bonds. The van der Waals surface area contributed by atoms with Gasteiger partial charge in [-0.25, -0.2) is 4.79 Å². The third-order valence-corrected chi connectivity index (χ3v) is 3.75. The van der Waals surface area contributed by atoms with Crippen LogP contribution < -0.4 is 16.4 Å². The van der Waals surface area contributed by atoms with Crippen LogP contribution in [0.2, 0.25) is 0 Å². The number of rotatable bonds is 4. The smallest absolute Gasteiger partial charge is 0.315 e. The van der Waals surface area contributed by atoms with Gasteiger partial charge < -0.3 is 21.6 Å². The Morgan fingerprint density at radius 2 is 1.89 bits per heavy atom. The molecule has 102 valence electrons. The topological polar surface area (TPSA) is 99.7 Å². The minimum Gasteiger partial charge on any atom is -0.409 e. The number of nitrogens with one attached hydrogen (secondary N) is 2. The lowest BCUT2D eigenvalue weighted by atomic mass is 9.83. The molecule has 0 spiro atoms. The molecule has 0 radical (unpaired) electrons. The summed E-state index contributed by atoms with van der Waals surface area (Å²) in [7, 11) is 0. The molecule has 2 rings (SSSR count). The molecule has 1 atom stereocenters. The van der Waals surface area contributed by atoms with E-state index in [0.29, 0.717) is 6.04 Å². The summed E-state index contributed by atoms with van der Waals surface area (Å²) in [6.07, 6.45) is 7.65. The van der Waals surface area contributed by atoms with Gasteiger partial charge >= 0.3 is 6.03 Å². The summed E-state index contributed by atoms with van der Waals surface area (Å²) < 4.78 is 0. The number of urea groups is 1. The van der Waals surface area contributed by atoms with Gasteiger partial charge in [-0.05, 0) is 31.6 Å². The Hall–Kier alpha value is -1.46. The third-order valence-electron chi connectivity index (χ3n) is 3.75. The van der Waals surface area contributed by atoms with Crippen molar-refractivity contribution in [3.05, 3.63) is 0 Å². The predicted molar refractivity (Wildman–Crippen MR) is 68.5 cm³/mol. The van der Waals surface area contributed by atoms with Gasteiger partial charge in [0.25, 0.3) is 0 Å². The first-order valence-electron chi connectivity index (χ1n) is 6.75. The molecule has 0 aromatic heterocycles. The molecule has 0 bridgehead atoms. The molecule has 2 aliphatic carbocycles. The first-order chi connectivity index (χ1) is 8.70. The van der Waals surface area contributed by atoms with E-state index in [1.807, 2.05) is 0 Å². The van der Waals surface area contributed by atoms with E-state index >= 15 is 0 Å². The molecule has 0 aromatic rings. The van der Waals surface area contributed by atoms with Gasteiger partial charge in [0.1, 0.15) is 0 Å². The number of nitrogens with zero attached hydrogens (tertiary/aromatic N) is 1. The van der Waals surface area contributed by atoms with Crippen LogP contribution >= 0.6 is 0 Å². The fourth-order valence-corrected chi connectivity index (χ4v) is 2.56. The average molecular weight is 254 g/mol. The van der Waals surface area contributed by atoms with E-state index in [4.69, 9.17) is 10.9 Å². The molecule has 0 aromatic carbocycles. The zero-order valence-electron chi connectivity index (χ0n) is 10.6. The zero-order valence-corrected chi connectivity index (χ0v) is 10.6. The van der Waals surface area contributed by atoms with Crippen LogP contribution in [-0.4, -0.2) is 29.2 Å². The minimum atomic E-state index is -0.353. The van der Waals surface area contributed by atoms with Crippen molar-refractivity contribution in [1.82, 2.24) is 10.6 Å². The van der Waals surface area contributed by atoms with E-state index in [2.05, 4.69) is 15.8 Å². The normalized spacial score (nSPS) is 23.4. The van der Waals surface area contributed by atoms with Crippen molar-refractivity contribution in [1.29, 1.82) is 0 Å². The van der Waals surface area contributed by atoms with E-state index in [9.17, 15) is 4.79 Å². The van der Waals surface area contributed by atoms with E-state index in [-0.39, 0.29) is 23.8 Å². The number of nitrogens with two attached hydrogens (primary N) is 1. The van der Waals surface area contributed by atoms with Gasteiger partial charge in [0, 0.05) is 6.04 Å². The summed E-state index contributed by atoms with van der Waals surface area (Å²) in [5.74, 6) is 0.382. The van der Waals surface area contributed by atoms with E-state index in [1.54, 1.807) is 0 Å². The summed E-state index contributed by atoms with van der Waals surface area (Å²) in [6.45, 7) is 0. The lowest BCUT2D eigenvalue weighted by molar-refractivity contribution is 0.229. The van der Waals surface area contributed by atoms with Gasteiger partial charge in [-0.2, -0.15) is 0 Å². The molecule has 6 nitrogen and oxygen atoms in total. The Morgan fingerprint density at radius 1 is 1.22 bits per heavy atom. The van der Waals surface area contributed by atoms with Crippen LogP contribution in [0.1, 0.15) is 44.9 Å². The van der Waals surface area contributed by atoms with Crippen molar-refractivity contribution < 1.29 is 10.0 Å². The zero-order chi connectivity index (χ0) is 13.0. The summed E-state index contributed by atoms with van der Waals surface area (Å²) in [5, 5.41) is 17.6. The summed E-state index contributed by atoms with van der Waals surface area (Å²) in [6, 6.07) is -0.252. The highest BCUT2D eigenvalue weighted by Gasteiger charge is 2.30. The summed E-state index contributed by atoms with van der Waals surface area (Å²) in [5.41, 5.74) is 5.70. The molecule has 2 aliphatic rings. The molecule has 0 heterocycles. The quantitative estimate of drug-likeness (QED) is 0.262. The van der Waals surface area contributed by atoms with Crippen molar-refractivity contribution in [2.75, 3.05) is 0 Å². The number of carbonyl (C=O) groups is 1. The molecular weight excluding hydrogens is 232 g/mol. The first-order valence-corrected chi connectivity index (χ1v) is 6.75. The van der Waals surface area contributed by atoms with Crippen LogP contribution in [0.15, 0.2) is 5.16 Å². The van der Waals surface area contributed by atoms with Crippen LogP contribution in [0, 0.1) is 5.92 Å². The average Bonchev–Trinajstić information content (AvgIpc) is 3.20. The maximum absolute atomic E-state index is 11.8. The monoisotopic (exact) mass is 254 g/mol. The standard InChI is InChI=1S/C12H22N4O2/c13-11(16-18)10(8-4-2-1-3-5-8)15-12(17)14-9-6-7-9/h8-10,18H,1-7H2,(H2,13,16)(H2,14,15,17). The van der Waals surface area contributed by atoms with Crippen molar-refractivity contribution in [3.63, 3.8) is 0 Å². The summed E-state index contributed by atoms with van der Waals surface area (Å²) >= 11 is 0. The maximum atomic E-state index is 11.8. The van der Waals surface area contributed by atoms with Gasteiger partial charge in [-0.1, -0.05) is 24.4 Å². The lowest BCUT2D eigenvalue weighted by Gasteiger charge is -2.29. The molecule has 18 heavy (non-hydrogen) atoms. The minimum absolute atomic E-state index is 0.104. The largest absolute Gasteiger partial charge is 0.409 e. The number of carbonyl (C=O) groups excluding carboxylic acids is 1. The molecule has 5 N–H and O–H groups in total. The van der Waals surface area contributed by atoms with Crippen molar-refractivity contribution >= 4 is 11.9 Å². The second kappa shape index (κ2) is 5.93. The number of amides is 2. The van der Waals surface area contributed by atoms with Crippen LogP contribution in [0.4, 0.5) is 4.79 Å². The fourth-order valence-electron chi connectivity index (χ4n) is 2.56. The Morgan fingerprint density at radius 3 is 2.44 bits per heavy atom. The van der Waals surface area contributed by atoms with Crippen LogP contribution in [0.5, 0.6) is 0 Å². The molecule has 2 saturated carbocycles. The van der Waals surface area contributed by atoms with E-state index in [0.717, 1.165) is 38.5 Å². The number of amidine groups is 1. The van der Waals surface area contributed by atoms with Crippen molar-refractivity contribution in [2.45, 2.75) is 57.0 Å².